The van der Waals surface area contributed by atoms with Crippen LogP contribution in [0.5, 0.6) is 17.2 Å². The van der Waals surface area contributed by atoms with E-state index < -0.39 is 11.2 Å². The fourth-order valence-electron chi connectivity index (χ4n) is 3.21. The van der Waals surface area contributed by atoms with Gasteiger partial charge in [-0.3, -0.25) is 4.79 Å². The Kier molecular flexibility index (Phi) is 5.46. The highest BCUT2D eigenvalue weighted by atomic mass is 16.5. The number of methoxy groups -OCH3 is 2. The number of imidazole rings is 1. The first-order valence-corrected chi connectivity index (χ1v) is 9.40. The average Bonchev–Trinajstić information content (AvgIpc) is 3.21. The third-order valence-electron chi connectivity index (χ3n) is 4.71. The van der Waals surface area contributed by atoms with E-state index in [1.54, 1.807) is 55.6 Å². The number of hydrogen-bond donors (Lipinski definition) is 3. The molecular weight excluding hydrogens is 400 g/mol. The van der Waals surface area contributed by atoms with Crippen molar-refractivity contribution in [2.24, 2.45) is 0 Å². The van der Waals surface area contributed by atoms with Gasteiger partial charge in [0.2, 0.25) is 11.2 Å². The van der Waals surface area contributed by atoms with Crippen LogP contribution in [0.3, 0.4) is 0 Å². The van der Waals surface area contributed by atoms with Crippen LogP contribution < -0.4 is 10.2 Å². The van der Waals surface area contributed by atoms with Gasteiger partial charge in [0.05, 0.1) is 12.7 Å². The van der Waals surface area contributed by atoms with Crippen molar-refractivity contribution in [2.75, 3.05) is 14.2 Å². The maximum Gasteiger partial charge on any atom is 0.227 e. The molecule has 3 N–H and O–H groups in total. The number of H-pyrrole nitrogens is 1. The quantitative estimate of drug-likeness (QED) is 0.432. The van der Waals surface area contributed by atoms with Crippen LogP contribution in [0.15, 0.2) is 63.8 Å². The van der Waals surface area contributed by atoms with Crippen molar-refractivity contribution in [3.63, 3.8) is 0 Å². The highest BCUT2D eigenvalue weighted by molar-refractivity contribution is 5.82. The van der Waals surface area contributed by atoms with Crippen molar-refractivity contribution in [3.05, 3.63) is 70.6 Å². The first-order chi connectivity index (χ1) is 15.0. The van der Waals surface area contributed by atoms with Crippen LogP contribution in [0.4, 0.5) is 0 Å². The third-order valence-corrected chi connectivity index (χ3v) is 4.71. The van der Waals surface area contributed by atoms with Gasteiger partial charge in [-0.1, -0.05) is 12.1 Å². The second-order valence-corrected chi connectivity index (χ2v) is 6.74. The minimum Gasteiger partial charge on any atom is -0.507 e. The molecule has 0 unspecified atom stereocenters. The van der Waals surface area contributed by atoms with Crippen molar-refractivity contribution in [3.8, 4) is 51.3 Å². The van der Waals surface area contributed by atoms with Gasteiger partial charge in [-0.05, 0) is 36.4 Å². The van der Waals surface area contributed by atoms with Crippen molar-refractivity contribution < 1.29 is 24.1 Å². The number of rotatable bonds is 6. The van der Waals surface area contributed by atoms with Gasteiger partial charge in [-0.2, -0.15) is 0 Å². The topological polar surface area (TPSA) is 118 Å². The van der Waals surface area contributed by atoms with E-state index in [-0.39, 0.29) is 29.6 Å². The van der Waals surface area contributed by atoms with Crippen LogP contribution in [0.1, 0.15) is 5.76 Å². The van der Waals surface area contributed by atoms with Crippen molar-refractivity contribution >= 4 is 0 Å². The number of benzene rings is 2. The highest BCUT2D eigenvalue weighted by Crippen LogP contribution is 2.38. The van der Waals surface area contributed by atoms with E-state index in [4.69, 9.17) is 13.9 Å². The molecule has 0 fully saturated rings. The molecule has 0 saturated carbocycles. The minimum absolute atomic E-state index is 0.0305. The molecule has 4 aromatic rings. The van der Waals surface area contributed by atoms with E-state index in [1.807, 2.05) is 0 Å². The number of para-hydroxylation sites is 1. The van der Waals surface area contributed by atoms with Gasteiger partial charge in [0.15, 0.2) is 5.76 Å². The third kappa shape index (κ3) is 3.88. The molecule has 2 aromatic carbocycles. The lowest BCUT2D eigenvalue weighted by molar-refractivity contribution is 0.162. The van der Waals surface area contributed by atoms with E-state index in [9.17, 15) is 15.0 Å². The molecule has 158 valence electrons. The summed E-state index contributed by atoms with van der Waals surface area (Å²) in [5.41, 5.74) is 1.25. The summed E-state index contributed by atoms with van der Waals surface area (Å²) in [6.45, 7) is 0.0564. The Morgan fingerprint density at radius 2 is 1.81 bits per heavy atom. The van der Waals surface area contributed by atoms with Gasteiger partial charge < -0.3 is 29.1 Å². The lowest BCUT2D eigenvalue weighted by Gasteiger charge is -2.07. The molecule has 8 heteroatoms. The SMILES string of the molecule is COCc1cc(=O)c(O)c(-c2[nH]c(-c3ccccc3O)nc2-c2ccc(OC)cc2)o1. The highest BCUT2D eigenvalue weighted by Gasteiger charge is 2.23. The van der Waals surface area contributed by atoms with E-state index in [0.29, 0.717) is 28.4 Å². The van der Waals surface area contributed by atoms with Gasteiger partial charge in [0.1, 0.15) is 41.1 Å². The van der Waals surface area contributed by atoms with Crippen LogP contribution >= 0.6 is 0 Å². The Hall–Kier alpha value is -4.04. The summed E-state index contributed by atoms with van der Waals surface area (Å²) >= 11 is 0. The Morgan fingerprint density at radius 1 is 1.06 bits per heavy atom. The zero-order chi connectivity index (χ0) is 22.0. The molecular formula is C23H20N2O6. The number of phenols is 1. The number of aromatic amines is 1. The van der Waals surface area contributed by atoms with Crippen molar-refractivity contribution in [1.82, 2.24) is 9.97 Å². The van der Waals surface area contributed by atoms with Crippen LogP contribution in [0, 0.1) is 0 Å². The summed E-state index contributed by atoms with van der Waals surface area (Å²) in [7, 11) is 3.04. The lowest BCUT2D eigenvalue weighted by Crippen LogP contribution is -2.04. The smallest absolute Gasteiger partial charge is 0.227 e. The van der Waals surface area contributed by atoms with Crippen molar-refractivity contribution in [2.45, 2.75) is 6.61 Å². The van der Waals surface area contributed by atoms with Crippen LogP contribution in [-0.4, -0.2) is 34.4 Å². The summed E-state index contributed by atoms with van der Waals surface area (Å²) in [6.07, 6.45) is 0. The minimum atomic E-state index is -0.604. The van der Waals surface area contributed by atoms with Gasteiger partial charge in [-0.15, -0.1) is 0 Å². The summed E-state index contributed by atoms with van der Waals surface area (Å²) in [4.78, 5) is 20.0. The van der Waals surface area contributed by atoms with Gasteiger partial charge in [0.25, 0.3) is 0 Å². The molecule has 31 heavy (non-hydrogen) atoms. The van der Waals surface area contributed by atoms with E-state index in [2.05, 4.69) is 9.97 Å². The number of aromatic nitrogens is 2. The van der Waals surface area contributed by atoms with Gasteiger partial charge in [-0.25, -0.2) is 4.98 Å². The largest absolute Gasteiger partial charge is 0.507 e. The Balaban J connectivity index is 1.96. The van der Waals surface area contributed by atoms with Crippen LogP contribution in [-0.2, 0) is 11.3 Å². The summed E-state index contributed by atoms with van der Waals surface area (Å²) in [5, 5.41) is 20.7. The lowest BCUT2D eigenvalue weighted by atomic mass is 10.1. The zero-order valence-electron chi connectivity index (χ0n) is 16.9. The summed E-state index contributed by atoms with van der Waals surface area (Å²) in [5.74, 6) is 0.667. The summed E-state index contributed by atoms with van der Waals surface area (Å²) < 4.78 is 16.0. The molecule has 4 rings (SSSR count). The maximum absolute atomic E-state index is 12.3. The Bertz CT molecular complexity index is 1270. The number of phenolic OH excluding ortho intramolecular Hbond substituents is 1. The molecule has 0 atom stereocenters. The summed E-state index contributed by atoms with van der Waals surface area (Å²) in [6, 6.07) is 15.0. The predicted molar refractivity (Wildman–Crippen MR) is 114 cm³/mol. The number of nitrogens with one attached hydrogen (secondary N) is 1. The number of ether oxygens (including phenoxy) is 2. The predicted octanol–water partition coefficient (Wildman–Crippen LogP) is 3.93. The zero-order valence-corrected chi connectivity index (χ0v) is 16.9. The fourth-order valence-corrected chi connectivity index (χ4v) is 3.21. The second-order valence-electron chi connectivity index (χ2n) is 6.74. The molecule has 0 bridgehead atoms. The second kappa shape index (κ2) is 8.37. The molecule has 0 aliphatic carbocycles. The number of aromatic hydroxyl groups is 2. The fraction of sp³-hybridized carbons (Fsp3) is 0.130. The van der Waals surface area contributed by atoms with E-state index >= 15 is 0 Å². The first kappa shape index (κ1) is 20.2. The Morgan fingerprint density at radius 3 is 2.48 bits per heavy atom. The van der Waals surface area contributed by atoms with Gasteiger partial charge in [0, 0.05) is 18.7 Å². The van der Waals surface area contributed by atoms with Crippen LogP contribution in [0.2, 0.25) is 0 Å². The molecule has 0 saturated heterocycles. The number of hydrogen-bond acceptors (Lipinski definition) is 7. The molecule has 8 nitrogen and oxygen atoms in total. The number of nitrogens with zero attached hydrogens (tertiary/aromatic N) is 1. The average molecular weight is 420 g/mol. The molecule has 0 aliphatic rings. The molecule has 0 radical (unpaired) electrons. The Labute approximate surface area is 177 Å². The normalized spacial score (nSPS) is 10.9. The van der Waals surface area contributed by atoms with E-state index in [0.717, 1.165) is 0 Å². The van der Waals surface area contributed by atoms with Gasteiger partial charge >= 0.3 is 0 Å². The molecule has 2 aromatic heterocycles. The monoisotopic (exact) mass is 420 g/mol. The van der Waals surface area contributed by atoms with Crippen molar-refractivity contribution in [1.29, 1.82) is 0 Å². The molecule has 0 aliphatic heterocycles. The van der Waals surface area contributed by atoms with Crippen LogP contribution in [0.25, 0.3) is 34.1 Å². The molecule has 0 spiro atoms. The first-order valence-electron chi connectivity index (χ1n) is 9.40. The van der Waals surface area contributed by atoms with E-state index in [1.165, 1.54) is 13.2 Å². The molecule has 0 amide bonds. The molecule has 2 heterocycles. The standard InChI is InChI=1S/C23H20N2O6/c1-29-12-15-11-18(27)21(28)22(31-15)20-19(13-7-9-14(30-2)10-8-13)24-23(25-20)16-5-3-4-6-17(16)26/h3-11,26,28H,12H2,1-2H3,(H,24,25). The maximum atomic E-state index is 12.3.